The molecule has 3 nitrogen and oxygen atoms in total. The van der Waals surface area contributed by atoms with Crippen LogP contribution in [0.1, 0.15) is 23.4 Å². The summed E-state index contributed by atoms with van der Waals surface area (Å²) in [6.45, 7) is 1.38. The van der Waals surface area contributed by atoms with Gasteiger partial charge in [0, 0.05) is 19.1 Å². The second-order valence-electron chi connectivity index (χ2n) is 3.23. The topological polar surface area (TPSA) is 39.4 Å². The molecule has 0 aromatic carbocycles. The van der Waals surface area contributed by atoms with Crippen molar-refractivity contribution in [2.24, 2.45) is 5.92 Å². The Morgan fingerprint density at radius 2 is 2.15 bits per heavy atom. The second kappa shape index (κ2) is 3.75. The van der Waals surface area contributed by atoms with Crippen LogP contribution < -0.4 is 0 Å². The minimum atomic E-state index is 0.0971. The Kier molecular flexibility index (Phi) is 2.45. The van der Waals surface area contributed by atoms with E-state index in [0.717, 1.165) is 12.8 Å². The van der Waals surface area contributed by atoms with Crippen molar-refractivity contribution in [2.45, 2.75) is 12.8 Å². The van der Waals surface area contributed by atoms with Gasteiger partial charge in [-0.3, -0.25) is 4.79 Å². The molecule has 1 aliphatic rings. The van der Waals surface area contributed by atoms with Gasteiger partial charge in [-0.25, -0.2) is 0 Å². The Labute approximate surface area is 76.7 Å². The molecule has 13 heavy (non-hydrogen) atoms. The van der Waals surface area contributed by atoms with Crippen LogP contribution in [0.15, 0.2) is 22.8 Å². The Bertz CT molecular complexity index is 270. The number of Topliss-reactive ketones (excluding diaryl/α,β-unsaturated/α-hetero) is 1. The number of hydrogen-bond acceptors (Lipinski definition) is 3. The number of rotatable bonds is 2. The van der Waals surface area contributed by atoms with Crippen LogP contribution in [0.4, 0.5) is 0 Å². The summed E-state index contributed by atoms with van der Waals surface area (Å²) in [7, 11) is 0. The van der Waals surface area contributed by atoms with E-state index in [1.807, 2.05) is 0 Å². The van der Waals surface area contributed by atoms with Crippen molar-refractivity contribution in [1.29, 1.82) is 0 Å². The summed E-state index contributed by atoms with van der Waals surface area (Å²) >= 11 is 0. The Hall–Kier alpha value is -1.09. The zero-order valence-corrected chi connectivity index (χ0v) is 7.36. The third kappa shape index (κ3) is 1.80. The summed E-state index contributed by atoms with van der Waals surface area (Å²) in [6.07, 6.45) is 3.17. The van der Waals surface area contributed by atoms with Gasteiger partial charge in [0.2, 0.25) is 5.78 Å². The molecule has 0 atom stereocenters. The van der Waals surface area contributed by atoms with Crippen molar-refractivity contribution in [2.75, 3.05) is 13.2 Å². The van der Waals surface area contributed by atoms with E-state index in [2.05, 4.69) is 0 Å². The molecule has 1 fully saturated rings. The summed E-state index contributed by atoms with van der Waals surface area (Å²) in [5.74, 6) is 0.695. The first kappa shape index (κ1) is 8.51. The summed E-state index contributed by atoms with van der Waals surface area (Å²) in [5.41, 5.74) is 0. The highest BCUT2D eigenvalue weighted by Crippen LogP contribution is 2.20. The Balaban J connectivity index is 2.04. The summed E-state index contributed by atoms with van der Waals surface area (Å²) in [5, 5.41) is 0. The Morgan fingerprint density at radius 3 is 2.77 bits per heavy atom. The zero-order chi connectivity index (χ0) is 9.10. The number of carbonyl (C=O) groups is 1. The molecule has 0 aliphatic carbocycles. The van der Waals surface area contributed by atoms with E-state index in [-0.39, 0.29) is 11.7 Å². The molecular weight excluding hydrogens is 168 g/mol. The van der Waals surface area contributed by atoms with E-state index < -0.39 is 0 Å². The molecule has 0 amide bonds. The van der Waals surface area contributed by atoms with E-state index >= 15 is 0 Å². The molecular formula is C10H12O3. The van der Waals surface area contributed by atoms with E-state index in [4.69, 9.17) is 9.15 Å². The molecule has 2 rings (SSSR count). The molecule has 0 radical (unpaired) electrons. The van der Waals surface area contributed by atoms with Gasteiger partial charge in [-0.05, 0) is 25.0 Å². The van der Waals surface area contributed by atoms with Gasteiger partial charge in [0.15, 0.2) is 5.76 Å². The lowest BCUT2D eigenvalue weighted by Gasteiger charge is -2.19. The van der Waals surface area contributed by atoms with Crippen molar-refractivity contribution in [3.63, 3.8) is 0 Å². The van der Waals surface area contributed by atoms with Crippen molar-refractivity contribution >= 4 is 5.78 Å². The lowest BCUT2D eigenvalue weighted by molar-refractivity contribution is 0.0527. The number of ether oxygens (including phenoxy) is 1. The molecule has 0 N–H and O–H groups in total. The van der Waals surface area contributed by atoms with Crippen molar-refractivity contribution in [1.82, 2.24) is 0 Å². The van der Waals surface area contributed by atoms with E-state index in [1.54, 1.807) is 12.1 Å². The average molecular weight is 180 g/mol. The lowest BCUT2D eigenvalue weighted by atomic mass is 9.94. The van der Waals surface area contributed by atoms with Crippen molar-refractivity contribution in [3.05, 3.63) is 24.2 Å². The van der Waals surface area contributed by atoms with Gasteiger partial charge in [-0.2, -0.15) is 0 Å². The third-order valence-electron chi connectivity index (χ3n) is 2.36. The maximum atomic E-state index is 11.7. The summed E-state index contributed by atoms with van der Waals surface area (Å²) in [4.78, 5) is 11.7. The maximum absolute atomic E-state index is 11.7. The maximum Gasteiger partial charge on any atom is 0.201 e. The molecule has 1 aromatic heterocycles. The predicted octanol–water partition coefficient (Wildman–Crippen LogP) is 1.89. The fourth-order valence-corrected chi connectivity index (χ4v) is 1.58. The van der Waals surface area contributed by atoms with Crippen LogP contribution in [0, 0.1) is 5.92 Å². The standard InChI is InChI=1S/C10H12O3/c11-10(9-2-1-5-13-9)8-3-6-12-7-4-8/h1-2,5,8H,3-4,6-7H2. The quantitative estimate of drug-likeness (QED) is 0.652. The highest BCUT2D eigenvalue weighted by atomic mass is 16.5. The monoisotopic (exact) mass is 180 g/mol. The minimum Gasteiger partial charge on any atom is -0.461 e. The zero-order valence-electron chi connectivity index (χ0n) is 7.36. The molecule has 1 aliphatic heterocycles. The molecule has 2 heterocycles. The number of ketones is 1. The smallest absolute Gasteiger partial charge is 0.201 e. The predicted molar refractivity (Wildman–Crippen MR) is 46.6 cm³/mol. The first-order chi connectivity index (χ1) is 6.38. The minimum absolute atomic E-state index is 0.0971. The fraction of sp³-hybridized carbons (Fsp3) is 0.500. The molecule has 1 aromatic rings. The van der Waals surface area contributed by atoms with Crippen LogP contribution in [0.2, 0.25) is 0 Å². The van der Waals surface area contributed by atoms with Gasteiger partial charge in [-0.1, -0.05) is 0 Å². The van der Waals surface area contributed by atoms with Gasteiger partial charge < -0.3 is 9.15 Å². The van der Waals surface area contributed by atoms with E-state index in [9.17, 15) is 4.79 Å². The number of hydrogen-bond donors (Lipinski definition) is 0. The SMILES string of the molecule is O=C(c1ccco1)C1CCOCC1. The van der Waals surface area contributed by atoms with Gasteiger partial charge in [0.1, 0.15) is 0 Å². The van der Waals surface area contributed by atoms with Gasteiger partial charge in [0.25, 0.3) is 0 Å². The summed E-state index contributed by atoms with van der Waals surface area (Å²) < 4.78 is 10.2. The fourth-order valence-electron chi connectivity index (χ4n) is 1.58. The molecule has 3 heteroatoms. The second-order valence-corrected chi connectivity index (χ2v) is 3.23. The van der Waals surface area contributed by atoms with Crippen LogP contribution in [0.3, 0.4) is 0 Å². The number of furan rings is 1. The third-order valence-corrected chi connectivity index (χ3v) is 2.36. The first-order valence-corrected chi connectivity index (χ1v) is 4.53. The van der Waals surface area contributed by atoms with Crippen molar-refractivity contribution in [3.8, 4) is 0 Å². The van der Waals surface area contributed by atoms with Crippen LogP contribution in [0.25, 0.3) is 0 Å². The highest BCUT2D eigenvalue weighted by molar-refractivity contribution is 5.95. The Morgan fingerprint density at radius 1 is 1.38 bits per heavy atom. The van der Waals surface area contributed by atoms with Gasteiger partial charge in [0.05, 0.1) is 6.26 Å². The average Bonchev–Trinajstić information content (AvgIpc) is 2.71. The molecule has 0 bridgehead atoms. The normalized spacial score (nSPS) is 18.8. The largest absolute Gasteiger partial charge is 0.461 e. The summed E-state index contributed by atoms with van der Waals surface area (Å²) in [6, 6.07) is 3.46. The van der Waals surface area contributed by atoms with Crippen LogP contribution >= 0.6 is 0 Å². The number of carbonyl (C=O) groups excluding carboxylic acids is 1. The van der Waals surface area contributed by atoms with Gasteiger partial charge in [-0.15, -0.1) is 0 Å². The molecule has 0 saturated carbocycles. The first-order valence-electron chi connectivity index (χ1n) is 4.53. The van der Waals surface area contributed by atoms with Crippen LogP contribution in [-0.4, -0.2) is 19.0 Å². The molecule has 70 valence electrons. The highest BCUT2D eigenvalue weighted by Gasteiger charge is 2.24. The molecule has 0 unspecified atom stereocenters. The van der Waals surface area contributed by atoms with Gasteiger partial charge >= 0.3 is 0 Å². The van der Waals surface area contributed by atoms with Crippen LogP contribution in [0.5, 0.6) is 0 Å². The molecule has 1 saturated heterocycles. The van der Waals surface area contributed by atoms with E-state index in [1.165, 1.54) is 6.26 Å². The lowest BCUT2D eigenvalue weighted by Crippen LogP contribution is -2.23. The van der Waals surface area contributed by atoms with Crippen LogP contribution in [-0.2, 0) is 4.74 Å². The van der Waals surface area contributed by atoms with Crippen molar-refractivity contribution < 1.29 is 13.9 Å². The molecule has 0 spiro atoms. The van der Waals surface area contributed by atoms with E-state index in [0.29, 0.717) is 19.0 Å².